The maximum atomic E-state index is 12.6. The van der Waals surface area contributed by atoms with E-state index in [2.05, 4.69) is 10.2 Å². The molecule has 2 heterocycles. The van der Waals surface area contributed by atoms with Crippen molar-refractivity contribution in [3.8, 4) is 5.75 Å². The number of nitrogens with zero attached hydrogens (tertiary/aromatic N) is 2. The number of rotatable bonds is 4. The SMILES string of the molecule is COc1cccc(CN2CCN(C3CCNCC3)C2=O)c1. The number of ether oxygens (including phenoxy) is 1. The predicted molar refractivity (Wildman–Crippen MR) is 81.4 cm³/mol. The van der Waals surface area contributed by atoms with Crippen LogP contribution in [-0.2, 0) is 6.54 Å². The van der Waals surface area contributed by atoms with Crippen molar-refractivity contribution in [2.45, 2.75) is 25.4 Å². The number of benzene rings is 1. The summed E-state index contributed by atoms with van der Waals surface area (Å²) in [6.45, 7) is 4.37. The molecule has 0 aromatic heterocycles. The maximum Gasteiger partial charge on any atom is 0.320 e. The first kappa shape index (κ1) is 14.2. The zero-order chi connectivity index (χ0) is 14.7. The Balaban J connectivity index is 1.63. The average molecular weight is 289 g/mol. The molecule has 0 saturated carbocycles. The number of hydrogen-bond donors (Lipinski definition) is 1. The summed E-state index contributed by atoms with van der Waals surface area (Å²) in [5.74, 6) is 0.842. The Labute approximate surface area is 125 Å². The highest BCUT2D eigenvalue weighted by atomic mass is 16.5. The molecule has 5 heteroatoms. The maximum absolute atomic E-state index is 12.6. The highest BCUT2D eigenvalue weighted by molar-refractivity contribution is 5.77. The van der Waals surface area contributed by atoms with E-state index in [1.54, 1.807) is 7.11 Å². The quantitative estimate of drug-likeness (QED) is 0.917. The summed E-state index contributed by atoms with van der Waals surface area (Å²) in [5.41, 5.74) is 1.12. The van der Waals surface area contributed by atoms with Gasteiger partial charge in [-0.25, -0.2) is 4.79 Å². The van der Waals surface area contributed by atoms with Gasteiger partial charge in [-0.05, 0) is 43.6 Å². The van der Waals surface area contributed by atoms with Gasteiger partial charge in [0.05, 0.1) is 7.11 Å². The van der Waals surface area contributed by atoms with Crippen molar-refractivity contribution >= 4 is 6.03 Å². The smallest absolute Gasteiger partial charge is 0.320 e. The van der Waals surface area contributed by atoms with Gasteiger partial charge in [0.15, 0.2) is 0 Å². The third-order valence-electron chi connectivity index (χ3n) is 4.38. The van der Waals surface area contributed by atoms with Gasteiger partial charge in [0.25, 0.3) is 0 Å². The van der Waals surface area contributed by atoms with Gasteiger partial charge in [0.1, 0.15) is 5.75 Å². The van der Waals surface area contributed by atoms with E-state index in [-0.39, 0.29) is 6.03 Å². The molecule has 2 saturated heterocycles. The molecule has 2 fully saturated rings. The fourth-order valence-electron chi connectivity index (χ4n) is 3.20. The molecule has 5 nitrogen and oxygen atoms in total. The minimum Gasteiger partial charge on any atom is -0.497 e. The first-order valence-corrected chi connectivity index (χ1v) is 7.67. The van der Waals surface area contributed by atoms with E-state index in [0.717, 1.165) is 50.3 Å². The van der Waals surface area contributed by atoms with Gasteiger partial charge in [0, 0.05) is 25.7 Å². The number of hydrogen-bond acceptors (Lipinski definition) is 3. The Morgan fingerprint density at radius 3 is 2.86 bits per heavy atom. The van der Waals surface area contributed by atoms with Crippen LogP contribution in [0, 0.1) is 0 Å². The summed E-state index contributed by atoms with van der Waals surface area (Å²) in [7, 11) is 1.67. The largest absolute Gasteiger partial charge is 0.497 e. The number of carbonyl (C=O) groups is 1. The summed E-state index contributed by atoms with van der Waals surface area (Å²) in [5, 5.41) is 3.35. The van der Waals surface area contributed by atoms with E-state index in [9.17, 15) is 4.79 Å². The summed E-state index contributed by atoms with van der Waals surface area (Å²) < 4.78 is 5.24. The van der Waals surface area contributed by atoms with Crippen molar-refractivity contribution in [2.24, 2.45) is 0 Å². The summed E-state index contributed by atoms with van der Waals surface area (Å²) in [6, 6.07) is 8.54. The number of nitrogens with one attached hydrogen (secondary N) is 1. The van der Waals surface area contributed by atoms with Gasteiger partial charge in [-0.15, -0.1) is 0 Å². The van der Waals surface area contributed by atoms with E-state index < -0.39 is 0 Å². The number of urea groups is 1. The van der Waals surface area contributed by atoms with Crippen LogP contribution in [0.5, 0.6) is 5.75 Å². The zero-order valence-electron chi connectivity index (χ0n) is 12.5. The molecule has 0 unspecified atom stereocenters. The van der Waals surface area contributed by atoms with Crippen LogP contribution < -0.4 is 10.1 Å². The van der Waals surface area contributed by atoms with E-state index >= 15 is 0 Å². The number of carbonyl (C=O) groups excluding carboxylic acids is 1. The van der Waals surface area contributed by atoms with Crippen LogP contribution in [0.1, 0.15) is 18.4 Å². The zero-order valence-corrected chi connectivity index (χ0v) is 12.5. The van der Waals surface area contributed by atoms with Crippen molar-refractivity contribution < 1.29 is 9.53 Å². The Bertz CT molecular complexity index is 500. The van der Waals surface area contributed by atoms with Crippen molar-refractivity contribution in [3.63, 3.8) is 0 Å². The second-order valence-electron chi connectivity index (χ2n) is 5.73. The Morgan fingerprint density at radius 2 is 2.10 bits per heavy atom. The molecule has 0 radical (unpaired) electrons. The van der Waals surface area contributed by atoms with Crippen LogP contribution >= 0.6 is 0 Å². The van der Waals surface area contributed by atoms with Crippen molar-refractivity contribution in [2.75, 3.05) is 33.3 Å². The molecule has 0 spiro atoms. The van der Waals surface area contributed by atoms with Gasteiger partial charge < -0.3 is 19.9 Å². The first-order valence-electron chi connectivity index (χ1n) is 7.67. The van der Waals surface area contributed by atoms with E-state index in [1.807, 2.05) is 29.2 Å². The molecule has 1 aromatic rings. The van der Waals surface area contributed by atoms with E-state index in [0.29, 0.717) is 12.6 Å². The molecule has 1 N–H and O–H groups in total. The van der Waals surface area contributed by atoms with Gasteiger partial charge >= 0.3 is 6.03 Å². The molecule has 0 aliphatic carbocycles. The fourth-order valence-corrected chi connectivity index (χ4v) is 3.20. The molecule has 21 heavy (non-hydrogen) atoms. The highest BCUT2D eigenvalue weighted by Crippen LogP contribution is 2.21. The lowest BCUT2D eigenvalue weighted by molar-refractivity contribution is 0.164. The molecular formula is C16H23N3O2. The Hall–Kier alpha value is -1.75. The average Bonchev–Trinajstić information content (AvgIpc) is 2.89. The van der Waals surface area contributed by atoms with Crippen LogP contribution in [0.3, 0.4) is 0 Å². The monoisotopic (exact) mass is 289 g/mol. The third kappa shape index (κ3) is 3.13. The minimum atomic E-state index is 0.185. The number of amides is 2. The highest BCUT2D eigenvalue weighted by Gasteiger charge is 2.33. The van der Waals surface area contributed by atoms with Crippen molar-refractivity contribution in [3.05, 3.63) is 29.8 Å². The second kappa shape index (κ2) is 6.35. The second-order valence-corrected chi connectivity index (χ2v) is 5.73. The molecule has 2 aliphatic rings. The number of methoxy groups -OCH3 is 1. The van der Waals surface area contributed by atoms with Crippen molar-refractivity contribution in [1.82, 2.24) is 15.1 Å². The predicted octanol–water partition coefficient (Wildman–Crippen LogP) is 1.68. The van der Waals surface area contributed by atoms with Gasteiger partial charge in [0.2, 0.25) is 0 Å². The summed E-state index contributed by atoms with van der Waals surface area (Å²) in [6.07, 6.45) is 2.14. The molecular weight excluding hydrogens is 266 g/mol. The summed E-state index contributed by atoms with van der Waals surface area (Å²) in [4.78, 5) is 16.6. The van der Waals surface area contributed by atoms with Crippen LogP contribution in [0.15, 0.2) is 24.3 Å². The molecule has 2 amide bonds. The van der Waals surface area contributed by atoms with Crippen LogP contribution in [-0.4, -0.2) is 55.2 Å². The lowest BCUT2D eigenvalue weighted by Crippen LogP contribution is -2.45. The molecule has 114 valence electrons. The van der Waals surface area contributed by atoms with Gasteiger partial charge in [-0.1, -0.05) is 12.1 Å². The van der Waals surface area contributed by atoms with E-state index in [4.69, 9.17) is 4.74 Å². The van der Waals surface area contributed by atoms with Crippen LogP contribution in [0.25, 0.3) is 0 Å². The van der Waals surface area contributed by atoms with Crippen molar-refractivity contribution in [1.29, 1.82) is 0 Å². The third-order valence-corrected chi connectivity index (χ3v) is 4.38. The summed E-state index contributed by atoms with van der Waals surface area (Å²) >= 11 is 0. The van der Waals surface area contributed by atoms with Crippen LogP contribution in [0.2, 0.25) is 0 Å². The molecule has 2 aliphatic heterocycles. The number of piperidine rings is 1. The lowest BCUT2D eigenvalue weighted by Gasteiger charge is -2.31. The Kier molecular flexibility index (Phi) is 4.29. The minimum absolute atomic E-state index is 0.185. The lowest BCUT2D eigenvalue weighted by atomic mass is 10.1. The first-order chi connectivity index (χ1) is 10.3. The van der Waals surface area contributed by atoms with Gasteiger partial charge in [-0.2, -0.15) is 0 Å². The van der Waals surface area contributed by atoms with Gasteiger partial charge in [-0.3, -0.25) is 0 Å². The van der Waals surface area contributed by atoms with Crippen LogP contribution in [0.4, 0.5) is 4.79 Å². The topological polar surface area (TPSA) is 44.8 Å². The fraction of sp³-hybridized carbons (Fsp3) is 0.562. The molecule has 1 aromatic carbocycles. The molecule has 3 rings (SSSR count). The standard InChI is InChI=1S/C16H23N3O2/c1-21-15-4-2-3-13(11-15)12-18-9-10-19(16(18)20)14-5-7-17-8-6-14/h2-4,11,14,17H,5-10,12H2,1H3. The normalized spacial score (nSPS) is 20.1. The molecule has 0 atom stereocenters. The Morgan fingerprint density at radius 1 is 1.29 bits per heavy atom. The molecule has 0 bridgehead atoms. The van der Waals surface area contributed by atoms with E-state index in [1.165, 1.54) is 0 Å².